The van der Waals surface area contributed by atoms with Gasteiger partial charge in [-0.25, -0.2) is 9.59 Å². The highest BCUT2D eigenvalue weighted by atomic mass is 16.6. The van der Waals surface area contributed by atoms with E-state index in [2.05, 4.69) is 25.9 Å². The van der Waals surface area contributed by atoms with Gasteiger partial charge in [0.25, 0.3) is 0 Å². The Morgan fingerprint density at radius 1 is 0.980 bits per heavy atom. The van der Waals surface area contributed by atoms with Crippen LogP contribution in [0.4, 0.5) is 21.0 Å². The average molecular weight is 701 g/mol. The first-order valence-electron chi connectivity index (χ1n) is 16.2. The number of fused-ring (bicyclic) bond motifs is 9. The summed E-state index contributed by atoms with van der Waals surface area (Å²) in [7, 11) is 4.65. The van der Waals surface area contributed by atoms with Gasteiger partial charge in [-0.1, -0.05) is 12.1 Å². The molecule has 19 nitrogen and oxygen atoms in total. The fraction of sp³-hybridized carbons (Fsp3) is 0.613. The number of rotatable bonds is 8. The summed E-state index contributed by atoms with van der Waals surface area (Å²) in [5.74, 6) is -1.36. The number of anilines is 1. The molecule has 7 aliphatic rings. The molecule has 0 aromatic heterocycles. The molecule has 19 heteroatoms. The lowest BCUT2D eigenvalue weighted by atomic mass is 9.79. The van der Waals surface area contributed by atoms with Crippen LogP contribution in [0.3, 0.4) is 0 Å². The molecule has 4 fully saturated rings. The van der Waals surface area contributed by atoms with Crippen molar-refractivity contribution in [3.05, 3.63) is 27.3 Å². The molecular weight excluding hydrogens is 660 g/mol. The number of nitroso groups, excluding NO2 is 1. The summed E-state index contributed by atoms with van der Waals surface area (Å²) in [6.07, 6.45) is -1.24. The zero-order valence-electron chi connectivity index (χ0n) is 28.1. The molecule has 6 heterocycles. The molecule has 0 saturated carbocycles. The highest BCUT2D eigenvalue weighted by Crippen LogP contribution is 2.64. The predicted molar refractivity (Wildman–Crippen MR) is 172 cm³/mol. The number of phenolic OH excluding ortho intramolecular Hbond substituents is 1. The second-order valence-corrected chi connectivity index (χ2v) is 13.5. The van der Waals surface area contributed by atoms with E-state index in [1.165, 1.54) is 7.11 Å². The molecule has 1 unspecified atom stereocenters. The zero-order valence-corrected chi connectivity index (χ0v) is 28.1. The van der Waals surface area contributed by atoms with Crippen LogP contribution in [0.25, 0.3) is 0 Å². The van der Waals surface area contributed by atoms with Crippen LogP contribution in [-0.2, 0) is 23.7 Å². The monoisotopic (exact) mass is 700 g/mol. The van der Waals surface area contributed by atoms with Crippen LogP contribution in [0.2, 0.25) is 0 Å². The summed E-state index contributed by atoms with van der Waals surface area (Å²) >= 11 is 0. The van der Waals surface area contributed by atoms with Crippen molar-refractivity contribution in [3.63, 3.8) is 0 Å². The van der Waals surface area contributed by atoms with Crippen LogP contribution < -0.4 is 31.7 Å². The van der Waals surface area contributed by atoms with Gasteiger partial charge in [-0.15, -0.1) is 4.91 Å². The second kappa shape index (κ2) is 11.7. The summed E-state index contributed by atoms with van der Waals surface area (Å²) in [4.78, 5) is 50.7. The summed E-state index contributed by atoms with van der Waals surface area (Å²) in [6.45, 7) is 4.70. The number of allylic oxidation sites excluding steroid dienone is 1. The predicted octanol–water partition coefficient (Wildman–Crippen LogP) is 0.206. The van der Waals surface area contributed by atoms with Crippen molar-refractivity contribution in [1.29, 1.82) is 0 Å². The normalized spacial score (nSPS) is 35.7. The average Bonchev–Trinajstić information content (AvgIpc) is 3.92. The van der Waals surface area contributed by atoms with Gasteiger partial charge in [0, 0.05) is 67.7 Å². The number of primary amides is 2. The van der Waals surface area contributed by atoms with Crippen molar-refractivity contribution in [3.8, 4) is 11.5 Å². The highest BCUT2D eigenvalue weighted by Gasteiger charge is 2.73. The van der Waals surface area contributed by atoms with E-state index in [4.69, 9.17) is 35.2 Å². The topological polar surface area (TPSA) is 282 Å². The maximum atomic E-state index is 12.9. The first-order valence-corrected chi connectivity index (χ1v) is 16.2. The number of carbonyl (C=O) groups is 3. The number of aromatic hydroxyl groups is 1. The van der Waals surface area contributed by atoms with Gasteiger partial charge in [-0.3, -0.25) is 4.79 Å². The van der Waals surface area contributed by atoms with E-state index in [0.717, 1.165) is 12.2 Å². The van der Waals surface area contributed by atoms with Crippen LogP contribution in [0.5, 0.6) is 11.5 Å². The highest BCUT2D eigenvalue weighted by molar-refractivity contribution is 6.47. The number of carbonyl (C=O) groups excluding carboxylic acids is 3. The van der Waals surface area contributed by atoms with E-state index >= 15 is 0 Å². The molecule has 0 radical (unpaired) electrons. The maximum Gasteiger partial charge on any atom is 0.404 e. The van der Waals surface area contributed by atoms with E-state index < -0.39 is 35.5 Å². The summed E-state index contributed by atoms with van der Waals surface area (Å²) in [5, 5.41) is 32.9. The van der Waals surface area contributed by atoms with Gasteiger partial charge in [0.1, 0.15) is 24.7 Å². The van der Waals surface area contributed by atoms with Crippen LogP contribution in [0, 0.1) is 23.7 Å². The molecule has 4 saturated heterocycles. The van der Waals surface area contributed by atoms with E-state index in [-0.39, 0.29) is 60.2 Å². The Hall–Kier alpha value is -4.72. The van der Waals surface area contributed by atoms with Gasteiger partial charge in [-0.2, -0.15) is 0 Å². The van der Waals surface area contributed by atoms with E-state index in [0.29, 0.717) is 47.1 Å². The van der Waals surface area contributed by atoms with Crippen LogP contribution in [0.15, 0.2) is 21.6 Å². The molecule has 1 aromatic carbocycles. The van der Waals surface area contributed by atoms with Gasteiger partial charge < -0.3 is 65.9 Å². The third-order valence-corrected chi connectivity index (χ3v) is 11.4. The third-order valence-electron chi connectivity index (χ3n) is 11.4. The smallest absolute Gasteiger partial charge is 0.404 e. The maximum absolute atomic E-state index is 12.9. The number of Topliss-reactive ketones (excluding diaryl/α,β-unsaturated/α-hetero) is 1. The lowest BCUT2D eigenvalue weighted by Gasteiger charge is -2.40. The van der Waals surface area contributed by atoms with Gasteiger partial charge in [0.2, 0.25) is 5.78 Å². The molecule has 1 aromatic rings. The number of nitrogens with two attached hydrogens (primary N) is 2. The first kappa shape index (κ1) is 33.8. The molecule has 0 bridgehead atoms. The number of amides is 2. The van der Waals surface area contributed by atoms with Crippen molar-refractivity contribution in [2.24, 2.45) is 33.6 Å². The summed E-state index contributed by atoms with van der Waals surface area (Å²) in [5.41, 5.74) is 11.5. The number of piperazine rings is 2. The number of ketones is 1. The van der Waals surface area contributed by atoms with Crippen LogP contribution in [0.1, 0.15) is 30.4 Å². The number of benzene rings is 1. The first-order chi connectivity index (χ1) is 23.9. The number of oxime groups is 1. The van der Waals surface area contributed by atoms with Crippen molar-refractivity contribution in [2.45, 2.75) is 61.8 Å². The number of phenols is 1. The van der Waals surface area contributed by atoms with E-state index in [1.54, 1.807) is 21.1 Å². The Labute approximate surface area is 285 Å². The number of nitrogens with zero attached hydrogens (tertiary/aromatic N) is 4. The number of ether oxygens (including phenoxy) is 5. The number of methoxy groups -OCH3 is 3. The van der Waals surface area contributed by atoms with Crippen molar-refractivity contribution < 1.29 is 48.4 Å². The minimum atomic E-state index is -0.929. The lowest BCUT2D eigenvalue weighted by molar-refractivity contribution is -0.132. The Balaban J connectivity index is 0.000000157. The molecule has 50 heavy (non-hydrogen) atoms. The standard InChI is InChI=1S/C16H20N4O6.C15H20N4O5/c1-6-10(19-23)12(21)9-7(5-26-15(17)22)16(25-3)14-8(18-14)4-20(16)11(9)13(6)24-2;1-6-3-9-10(12(20)11(6)18-22)7(5-24-14(16)21)15(23-2)13-8(17-13)4-19(9)15/h7-8,14,18,21H,4-5H2,1-3H3,(H2,17,22);6-8,13,17,22H,3-5H2,1-2H3,(H2,16,21)/b;18-11-/t7-,8+,14+,16-;6?,7-,8+,13+,15-/m11/s1. The van der Waals surface area contributed by atoms with Crippen molar-refractivity contribution in [2.75, 3.05) is 52.5 Å². The Kier molecular flexibility index (Phi) is 7.88. The van der Waals surface area contributed by atoms with Gasteiger partial charge in [0.15, 0.2) is 22.9 Å². The van der Waals surface area contributed by atoms with Crippen LogP contribution in [-0.4, -0.2) is 122 Å². The zero-order chi connectivity index (χ0) is 36.0. The van der Waals surface area contributed by atoms with E-state index in [1.807, 2.05) is 11.8 Å². The fourth-order valence-electron chi connectivity index (χ4n) is 9.33. The lowest BCUT2D eigenvalue weighted by Crippen LogP contribution is -2.54. The van der Waals surface area contributed by atoms with E-state index in [9.17, 15) is 29.6 Å². The number of hydrogen-bond acceptors (Lipinski definition) is 17. The molecule has 270 valence electrons. The SMILES string of the molecule is CO[C@@]12[C@H](COC(N)=O)C3=C(CC(C)/C(=N/O)C3=O)N1C[C@@H]1N[C@@H]12.COc1c(C)c(N=O)c(O)c2c1N1C[C@@H]3N[C@@H]3[C@]1(OC)[C@@H]2COC(N)=O. The van der Waals surface area contributed by atoms with Gasteiger partial charge >= 0.3 is 12.2 Å². The van der Waals surface area contributed by atoms with Gasteiger partial charge in [-0.05, 0) is 18.5 Å². The Morgan fingerprint density at radius 2 is 1.54 bits per heavy atom. The molecule has 6 aliphatic heterocycles. The van der Waals surface area contributed by atoms with Gasteiger partial charge in [0.05, 0.1) is 36.7 Å². The molecule has 8 N–H and O–H groups in total. The van der Waals surface area contributed by atoms with Crippen molar-refractivity contribution in [1.82, 2.24) is 15.5 Å². The van der Waals surface area contributed by atoms with Crippen LogP contribution >= 0.6 is 0 Å². The molecule has 0 spiro atoms. The third kappa shape index (κ3) is 4.36. The van der Waals surface area contributed by atoms with Crippen molar-refractivity contribution >= 4 is 35.1 Å². The molecule has 8 rings (SSSR count). The Bertz CT molecular complexity index is 1750. The fourth-order valence-corrected chi connectivity index (χ4v) is 9.33. The minimum Gasteiger partial charge on any atom is -0.505 e. The summed E-state index contributed by atoms with van der Waals surface area (Å²) < 4.78 is 27.5. The largest absolute Gasteiger partial charge is 0.505 e. The molecule has 1 aliphatic carbocycles. The number of hydrogen-bond donors (Lipinski definition) is 6. The number of nitrogens with one attached hydrogen (secondary N) is 2. The quantitative estimate of drug-likeness (QED) is 0.0914. The minimum absolute atomic E-state index is 0.0153. The molecule has 2 amide bonds. The summed E-state index contributed by atoms with van der Waals surface area (Å²) in [6, 6.07) is 0.564. The Morgan fingerprint density at radius 3 is 2.06 bits per heavy atom. The molecule has 9 atom stereocenters. The molecular formula is C31H40N8O11. The second-order valence-electron chi connectivity index (χ2n) is 13.5.